The van der Waals surface area contributed by atoms with Gasteiger partial charge in [-0.2, -0.15) is 4.98 Å². The molecule has 2 aliphatic rings. The average molecular weight is 324 g/mol. The van der Waals surface area contributed by atoms with Crippen molar-refractivity contribution in [3.05, 3.63) is 11.7 Å². The molecule has 8 nitrogen and oxygen atoms in total. The monoisotopic (exact) mass is 324 g/mol. The number of likely N-dealkylation sites (tertiary alicyclic amines) is 1. The van der Waals surface area contributed by atoms with Gasteiger partial charge in [-0.15, -0.1) is 0 Å². The van der Waals surface area contributed by atoms with E-state index in [4.69, 9.17) is 9.26 Å². The maximum Gasteiger partial charge on any atom is 0.236 e. The lowest BCUT2D eigenvalue weighted by atomic mass is 9.89. The summed E-state index contributed by atoms with van der Waals surface area (Å²) in [5.41, 5.74) is -0.914. The van der Waals surface area contributed by atoms with Gasteiger partial charge in [0.15, 0.2) is 5.82 Å². The quantitative estimate of drug-likeness (QED) is 0.806. The number of morpholine rings is 1. The van der Waals surface area contributed by atoms with E-state index in [1.807, 2.05) is 9.80 Å². The van der Waals surface area contributed by atoms with E-state index < -0.39 is 5.60 Å². The minimum Gasteiger partial charge on any atom is -0.388 e. The molecule has 0 radical (unpaired) electrons. The minimum atomic E-state index is -0.914. The van der Waals surface area contributed by atoms with Crippen molar-refractivity contribution in [3.63, 3.8) is 0 Å². The number of carbonyl (C=O) groups excluding carboxylic acids is 1. The van der Waals surface area contributed by atoms with Crippen molar-refractivity contribution in [1.82, 2.24) is 19.9 Å². The van der Waals surface area contributed by atoms with Crippen LogP contribution in [-0.2, 0) is 16.0 Å². The minimum absolute atomic E-state index is 0.103. The molecule has 0 spiro atoms. The largest absolute Gasteiger partial charge is 0.388 e. The van der Waals surface area contributed by atoms with Crippen molar-refractivity contribution in [2.24, 2.45) is 0 Å². The maximum atomic E-state index is 12.3. The van der Waals surface area contributed by atoms with Gasteiger partial charge in [0.1, 0.15) is 0 Å². The Morgan fingerprint density at radius 3 is 2.83 bits per heavy atom. The summed E-state index contributed by atoms with van der Waals surface area (Å²) < 4.78 is 10.4. The topological polar surface area (TPSA) is 91.9 Å². The number of piperidine rings is 1. The predicted molar refractivity (Wildman–Crippen MR) is 80.8 cm³/mol. The van der Waals surface area contributed by atoms with Crippen LogP contribution in [0.25, 0.3) is 0 Å². The predicted octanol–water partition coefficient (Wildman–Crippen LogP) is -0.394. The molecule has 23 heavy (non-hydrogen) atoms. The van der Waals surface area contributed by atoms with E-state index in [1.54, 1.807) is 6.92 Å². The third-order valence-corrected chi connectivity index (χ3v) is 4.41. The molecule has 1 unspecified atom stereocenters. The van der Waals surface area contributed by atoms with Crippen LogP contribution < -0.4 is 0 Å². The highest BCUT2D eigenvalue weighted by atomic mass is 16.5. The van der Waals surface area contributed by atoms with Gasteiger partial charge in [-0.1, -0.05) is 5.16 Å². The van der Waals surface area contributed by atoms with Gasteiger partial charge in [0.25, 0.3) is 0 Å². The fourth-order valence-corrected chi connectivity index (χ4v) is 3.28. The van der Waals surface area contributed by atoms with Gasteiger partial charge in [0.2, 0.25) is 11.8 Å². The maximum absolute atomic E-state index is 12.3. The summed E-state index contributed by atoms with van der Waals surface area (Å²) >= 11 is 0. The first-order valence-corrected chi connectivity index (χ1v) is 8.14. The smallest absolute Gasteiger partial charge is 0.236 e. The number of hydrogen-bond donors (Lipinski definition) is 1. The number of ether oxygens (including phenoxy) is 1. The van der Waals surface area contributed by atoms with E-state index in [1.165, 1.54) is 0 Å². The molecule has 1 atom stereocenters. The first kappa shape index (κ1) is 16.4. The summed E-state index contributed by atoms with van der Waals surface area (Å²) in [7, 11) is 0. The molecule has 128 valence electrons. The van der Waals surface area contributed by atoms with Gasteiger partial charge in [0, 0.05) is 19.6 Å². The number of nitrogens with zero attached hydrogens (tertiary/aromatic N) is 4. The first-order valence-electron chi connectivity index (χ1n) is 8.14. The van der Waals surface area contributed by atoms with E-state index in [0.717, 1.165) is 13.0 Å². The van der Waals surface area contributed by atoms with E-state index >= 15 is 0 Å². The zero-order valence-corrected chi connectivity index (χ0v) is 13.5. The molecule has 8 heteroatoms. The number of aryl methyl sites for hydroxylation is 1. The third kappa shape index (κ3) is 4.27. The fraction of sp³-hybridized carbons (Fsp3) is 0.800. The molecular weight excluding hydrogens is 300 g/mol. The summed E-state index contributed by atoms with van der Waals surface area (Å²) in [5.74, 6) is 1.12. The summed E-state index contributed by atoms with van der Waals surface area (Å²) in [6.07, 6.45) is 1.85. The molecular formula is C15H24N4O4. The molecule has 1 aromatic heterocycles. The first-order chi connectivity index (χ1) is 11.0. The summed E-state index contributed by atoms with van der Waals surface area (Å²) in [5, 5.41) is 14.6. The van der Waals surface area contributed by atoms with E-state index in [-0.39, 0.29) is 5.91 Å². The van der Waals surface area contributed by atoms with Crippen molar-refractivity contribution in [2.75, 3.05) is 45.9 Å². The SMILES string of the molecule is Cc1noc(CC2(O)CCCN(CC(=O)N3CCOCC3)C2)n1. The number of aromatic nitrogens is 2. The van der Waals surface area contributed by atoms with Crippen LogP contribution in [0.2, 0.25) is 0 Å². The lowest BCUT2D eigenvalue weighted by molar-refractivity contribution is -0.138. The third-order valence-electron chi connectivity index (χ3n) is 4.41. The molecule has 1 aromatic rings. The average Bonchev–Trinajstić information content (AvgIpc) is 2.92. The Hall–Kier alpha value is -1.51. The van der Waals surface area contributed by atoms with E-state index in [0.29, 0.717) is 63.9 Å². The molecule has 0 aliphatic carbocycles. The summed E-state index contributed by atoms with van der Waals surface area (Å²) in [6.45, 7) is 5.87. The van der Waals surface area contributed by atoms with E-state index in [2.05, 4.69) is 10.1 Å². The lowest BCUT2D eigenvalue weighted by Gasteiger charge is -2.39. The Morgan fingerprint density at radius 1 is 1.35 bits per heavy atom. The van der Waals surface area contributed by atoms with Crippen LogP contribution in [0, 0.1) is 6.92 Å². The second kappa shape index (κ2) is 6.94. The van der Waals surface area contributed by atoms with Crippen molar-refractivity contribution in [1.29, 1.82) is 0 Å². The second-order valence-corrected chi connectivity index (χ2v) is 6.44. The molecule has 2 fully saturated rings. The Balaban J connectivity index is 1.55. The van der Waals surface area contributed by atoms with Gasteiger partial charge in [0.05, 0.1) is 31.8 Å². The number of β-amino-alcohol motifs (C(OH)–C–C–N with tert-alkyl or cyclic N) is 1. The van der Waals surface area contributed by atoms with Crippen LogP contribution >= 0.6 is 0 Å². The molecule has 3 rings (SSSR count). The number of amides is 1. The zero-order valence-electron chi connectivity index (χ0n) is 13.5. The van der Waals surface area contributed by atoms with Crippen LogP contribution in [0.5, 0.6) is 0 Å². The van der Waals surface area contributed by atoms with Gasteiger partial charge in [-0.05, 0) is 26.3 Å². The van der Waals surface area contributed by atoms with Crippen LogP contribution in [0.4, 0.5) is 0 Å². The number of rotatable bonds is 4. The van der Waals surface area contributed by atoms with Gasteiger partial charge in [-0.25, -0.2) is 0 Å². The van der Waals surface area contributed by atoms with Crippen molar-refractivity contribution < 1.29 is 19.2 Å². The fourth-order valence-electron chi connectivity index (χ4n) is 3.28. The molecule has 3 heterocycles. The normalized spacial score (nSPS) is 26.4. The Kier molecular flexibility index (Phi) is 4.93. The van der Waals surface area contributed by atoms with Crippen LogP contribution in [0.1, 0.15) is 24.6 Å². The number of aliphatic hydroxyl groups is 1. The second-order valence-electron chi connectivity index (χ2n) is 6.44. The molecule has 0 bridgehead atoms. The molecule has 1 amide bonds. The number of carbonyl (C=O) groups is 1. The lowest BCUT2D eigenvalue weighted by Crippen LogP contribution is -2.53. The van der Waals surface area contributed by atoms with Gasteiger partial charge < -0.3 is 19.3 Å². The highest BCUT2D eigenvalue weighted by Gasteiger charge is 2.36. The molecule has 1 N–H and O–H groups in total. The Bertz CT molecular complexity index is 543. The Morgan fingerprint density at radius 2 is 2.13 bits per heavy atom. The van der Waals surface area contributed by atoms with E-state index in [9.17, 15) is 9.90 Å². The highest BCUT2D eigenvalue weighted by Crippen LogP contribution is 2.25. The standard InChI is InChI=1S/C15H24N4O4/c1-12-16-13(23-17-12)9-15(21)3-2-4-18(11-15)10-14(20)19-5-7-22-8-6-19/h21H,2-11H2,1H3. The van der Waals surface area contributed by atoms with Crippen molar-refractivity contribution in [2.45, 2.75) is 31.8 Å². The zero-order chi connectivity index (χ0) is 16.3. The summed E-state index contributed by atoms with van der Waals surface area (Å²) in [4.78, 5) is 20.4. The van der Waals surface area contributed by atoms with Crippen LogP contribution in [0.3, 0.4) is 0 Å². The molecule has 2 aliphatic heterocycles. The highest BCUT2D eigenvalue weighted by molar-refractivity contribution is 5.78. The Labute approximate surface area is 135 Å². The van der Waals surface area contributed by atoms with Gasteiger partial charge in [-0.3, -0.25) is 9.69 Å². The van der Waals surface area contributed by atoms with Crippen LogP contribution in [0.15, 0.2) is 4.52 Å². The number of hydrogen-bond acceptors (Lipinski definition) is 7. The van der Waals surface area contributed by atoms with Gasteiger partial charge >= 0.3 is 0 Å². The van der Waals surface area contributed by atoms with Crippen molar-refractivity contribution >= 4 is 5.91 Å². The molecule has 0 saturated carbocycles. The molecule has 2 saturated heterocycles. The van der Waals surface area contributed by atoms with Crippen LogP contribution in [-0.4, -0.2) is 82.5 Å². The summed E-state index contributed by atoms with van der Waals surface area (Å²) in [6, 6.07) is 0. The van der Waals surface area contributed by atoms with Crippen molar-refractivity contribution in [3.8, 4) is 0 Å². The molecule has 0 aromatic carbocycles.